The third-order valence-corrected chi connectivity index (χ3v) is 5.16. The summed E-state index contributed by atoms with van der Waals surface area (Å²) in [6.07, 6.45) is -3.15. The molecule has 11 heteroatoms. The summed E-state index contributed by atoms with van der Waals surface area (Å²) in [6.45, 7) is 1.46. The third kappa shape index (κ3) is 5.04. The first-order valence-corrected chi connectivity index (χ1v) is 9.67. The van der Waals surface area contributed by atoms with Crippen LogP contribution in [0.4, 0.5) is 18.0 Å². The van der Waals surface area contributed by atoms with E-state index in [-0.39, 0.29) is 30.5 Å². The van der Waals surface area contributed by atoms with Crippen LogP contribution in [0.25, 0.3) is 0 Å². The topological polar surface area (TPSA) is 93.7 Å². The number of carbonyl (C=O) groups excluding carboxylic acids is 2. The van der Waals surface area contributed by atoms with Crippen LogP contribution in [0.5, 0.6) is 11.8 Å². The largest absolute Gasteiger partial charge is 0.447 e. The summed E-state index contributed by atoms with van der Waals surface area (Å²) in [5.74, 6) is 0.521. The van der Waals surface area contributed by atoms with Gasteiger partial charge in [0.2, 0.25) is 5.91 Å². The number of aromatic nitrogens is 2. The Morgan fingerprint density at radius 3 is 2.61 bits per heavy atom. The quantitative estimate of drug-likeness (QED) is 0.748. The zero-order chi connectivity index (χ0) is 22.0. The molecule has 4 rings (SSSR count). The molecule has 2 fully saturated rings. The number of rotatable bonds is 6. The van der Waals surface area contributed by atoms with Gasteiger partial charge in [-0.3, -0.25) is 4.79 Å². The van der Waals surface area contributed by atoms with E-state index in [0.717, 1.165) is 17.8 Å². The van der Waals surface area contributed by atoms with E-state index in [1.54, 1.807) is 29.2 Å². The average Bonchev–Trinajstić information content (AvgIpc) is 3.11. The smallest absolute Gasteiger partial charge is 0.433 e. The van der Waals surface area contributed by atoms with Crippen LogP contribution in [0, 0.1) is 0 Å². The molecule has 0 unspecified atom stereocenters. The van der Waals surface area contributed by atoms with Gasteiger partial charge in [-0.25, -0.2) is 9.78 Å². The second-order valence-electron chi connectivity index (χ2n) is 7.37. The van der Waals surface area contributed by atoms with E-state index in [1.165, 1.54) is 0 Å². The molecule has 1 N–H and O–H groups in total. The van der Waals surface area contributed by atoms with Gasteiger partial charge in [-0.15, -0.1) is 0 Å². The molecule has 3 heterocycles. The molecule has 0 aliphatic carbocycles. The Bertz CT molecular complexity index is 962. The Hall–Kier alpha value is -3.37. The lowest BCUT2D eigenvalue weighted by Gasteiger charge is -2.39. The summed E-state index contributed by atoms with van der Waals surface area (Å²) < 4.78 is 48.3. The lowest BCUT2D eigenvalue weighted by atomic mass is 9.91. The van der Waals surface area contributed by atoms with Crippen molar-refractivity contribution in [3.05, 3.63) is 47.8 Å². The predicted molar refractivity (Wildman–Crippen MR) is 100 cm³/mol. The fourth-order valence-corrected chi connectivity index (χ4v) is 3.39. The van der Waals surface area contributed by atoms with Gasteiger partial charge in [-0.2, -0.15) is 18.2 Å². The maximum absolute atomic E-state index is 12.7. The number of nitrogens with zero attached hydrogens (tertiary/aromatic N) is 3. The monoisotopic (exact) mass is 436 g/mol. The van der Waals surface area contributed by atoms with E-state index in [0.29, 0.717) is 31.7 Å². The maximum Gasteiger partial charge on any atom is 0.433 e. The van der Waals surface area contributed by atoms with E-state index in [1.807, 2.05) is 0 Å². The van der Waals surface area contributed by atoms with Crippen molar-refractivity contribution < 1.29 is 32.2 Å². The van der Waals surface area contributed by atoms with Crippen LogP contribution < -0.4 is 10.1 Å². The van der Waals surface area contributed by atoms with Gasteiger partial charge in [0.25, 0.3) is 0 Å². The lowest BCUT2D eigenvalue weighted by molar-refractivity contribution is -0.141. The number of alkyl halides is 3. The highest BCUT2D eigenvalue weighted by Gasteiger charge is 2.34. The van der Waals surface area contributed by atoms with Crippen LogP contribution in [0.3, 0.4) is 0 Å². The molecule has 1 aromatic carbocycles. The van der Waals surface area contributed by atoms with Crippen molar-refractivity contribution in [3.63, 3.8) is 0 Å². The minimum absolute atomic E-state index is 0.0269. The molecule has 2 amide bonds. The number of carbonyl (C=O) groups is 2. The molecular formula is C20H19F3N4O4. The third-order valence-electron chi connectivity index (χ3n) is 5.16. The van der Waals surface area contributed by atoms with Gasteiger partial charge in [-0.05, 0) is 30.2 Å². The van der Waals surface area contributed by atoms with Crippen molar-refractivity contribution in [3.8, 4) is 11.8 Å². The predicted octanol–water partition coefficient (Wildman–Crippen LogP) is 3.10. The van der Waals surface area contributed by atoms with E-state index in [2.05, 4.69) is 15.3 Å². The van der Waals surface area contributed by atoms with Crippen LogP contribution in [0.2, 0.25) is 0 Å². The molecular weight excluding hydrogens is 417 g/mol. The van der Waals surface area contributed by atoms with E-state index >= 15 is 0 Å². The van der Waals surface area contributed by atoms with Gasteiger partial charge < -0.3 is 19.7 Å². The summed E-state index contributed by atoms with van der Waals surface area (Å²) in [7, 11) is 0. The van der Waals surface area contributed by atoms with Crippen molar-refractivity contribution in [1.82, 2.24) is 20.2 Å². The number of hydrogen-bond donors (Lipinski definition) is 1. The van der Waals surface area contributed by atoms with Gasteiger partial charge >= 0.3 is 18.3 Å². The normalized spacial score (nSPS) is 18.9. The fraction of sp³-hybridized carbons (Fsp3) is 0.400. The minimum Gasteiger partial charge on any atom is -0.447 e. The summed E-state index contributed by atoms with van der Waals surface area (Å²) in [5, 5.41) is 2.64. The first-order valence-electron chi connectivity index (χ1n) is 9.67. The Morgan fingerprint density at radius 1 is 1.23 bits per heavy atom. The molecule has 0 spiro atoms. The summed E-state index contributed by atoms with van der Waals surface area (Å²) in [6, 6.07) is 7.14. The van der Waals surface area contributed by atoms with E-state index in [9.17, 15) is 22.8 Å². The number of hydrogen-bond acceptors (Lipinski definition) is 6. The highest BCUT2D eigenvalue weighted by molar-refractivity contribution is 5.77. The molecule has 2 aliphatic rings. The highest BCUT2D eigenvalue weighted by Crippen LogP contribution is 2.31. The standard InChI is InChI=1S/C20H19F3N4O4/c21-20(22,23)16-7-8-24-18(26-16)31-15-4-1-12(2-5-15)13-9-27(10-13)17(28)6-3-14-11-30-19(29)25-14/h1-2,4-5,7-8,13-14H,3,6,9-11H2,(H,25,29)/t14-/m1/s1. The van der Waals surface area contributed by atoms with Gasteiger partial charge in [0.1, 0.15) is 12.4 Å². The van der Waals surface area contributed by atoms with Crippen LogP contribution in [-0.2, 0) is 15.7 Å². The minimum atomic E-state index is -4.57. The average molecular weight is 436 g/mol. The first kappa shape index (κ1) is 20.9. The fourth-order valence-electron chi connectivity index (χ4n) is 3.39. The second-order valence-corrected chi connectivity index (χ2v) is 7.37. The van der Waals surface area contributed by atoms with Crippen LogP contribution in [0.15, 0.2) is 36.5 Å². The molecule has 2 aliphatic heterocycles. The van der Waals surface area contributed by atoms with E-state index < -0.39 is 18.0 Å². The number of cyclic esters (lactones) is 1. The van der Waals surface area contributed by atoms with Crippen molar-refractivity contribution >= 4 is 12.0 Å². The first-order chi connectivity index (χ1) is 14.8. The molecule has 1 aromatic heterocycles. The number of amides is 2. The van der Waals surface area contributed by atoms with Gasteiger partial charge in [0, 0.05) is 31.6 Å². The summed E-state index contributed by atoms with van der Waals surface area (Å²) >= 11 is 0. The second kappa shape index (κ2) is 8.40. The van der Waals surface area contributed by atoms with Crippen LogP contribution in [-0.4, -0.2) is 52.6 Å². The SMILES string of the molecule is O=C1N[C@H](CCC(=O)N2CC(c3ccc(Oc4nccc(C(F)(F)F)n4)cc3)C2)CO1. The van der Waals surface area contributed by atoms with Crippen molar-refractivity contribution in [2.45, 2.75) is 31.0 Å². The molecule has 2 saturated heterocycles. The summed E-state index contributed by atoms with van der Waals surface area (Å²) in [5.41, 5.74) is -0.0750. The Kier molecular flexibility index (Phi) is 5.66. The number of halogens is 3. The van der Waals surface area contributed by atoms with E-state index in [4.69, 9.17) is 9.47 Å². The molecule has 0 radical (unpaired) electrons. The van der Waals surface area contributed by atoms with Crippen molar-refractivity contribution in [2.75, 3.05) is 19.7 Å². The molecule has 0 bridgehead atoms. The molecule has 0 saturated carbocycles. The molecule has 8 nitrogen and oxygen atoms in total. The van der Waals surface area contributed by atoms with Crippen LogP contribution >= 0.6 is 0 Å². The number of benzene rings is 1. The van der Waals surface area contributed by atoms with Gasteiger partial charge in [-0.1, -0.05) is 12.1 Å². The van der Waals surface area contributed by atoms with Gasteiger partial charge in [0.15, 0.2) is 5.69 Å². The van der Waals surface area contributed by atoms with Gasteiger partial charge in [0.05, 0.1) is 6.04 Å². The summed E-state index contributed by atoms with van der Waals surface area (Å²) in [4.78, 5) is 32.1. The van der Waals surface area contributed by atoms with Crippen molar-refractivity contribution in [1.29, 1.82) is 0 Å². The molecule has 31 heavy (non-hydrogen) atoms. The highest BCUT2D eigenvalue weighted by atomic mass is 19.4. The zero-order valence-corrected chi connectivity index (χ0v) is 16.3. The Morgan fingerprint density at radius 2 is 1.97 bits per heavy atom. The Balaban J connectivity index is 1.26. The Labute approximate surface area is 175 Å². The lowest BCUT2D eigenvalue weighted by Crippen LogP contribution is -2.48. The van der Waals surface area contributed by atoms with Crippen molar-refractivity contribution in [2.24, 2.45) is 0 Å². The molecule has 2 aromatic rings. The number of ether oxygens (including phenoxy) is 2. The van der Waals surface area contributed by atoms with Crippen LogP contribution in [0.1, 0.15) is 30.0 Å². The molecule has 1 atom stereocenters. The molecule has 164 valence electrons. The zero-order valence-electron chi connectivity index (χ0n) is 16.3. The maximum atomic E-state index is 12.7. The number of alkyl carbamates (subject to hydrolysis) is 1. The number of nitrogens with one attached hydrogen (secondary N) is 1. The number of likely N-dealkylation sites (tertiary alicyclic amines) is 1.